The van der Waals surface area contributed by atoms with Crippen LogP contribution in [0.1, 0.15) is 23.2 Å². The topological polar surface area (TPSA) is 152 Å². The number of esters is 1. The third kappa shape index (κ3) is 7.00. The Kier molecular flexibility index (Phi) is 7.55. The van der Waals surface area contributed by atoms with Gasteiger partial charge in [-0.05, 0) is 25.6 Å². The minimum atomic E-state index is -1.26. The van der Waals surface area contributed by atoms with Crippen molar-refractivity contribution in [2.75, 3.05) is 13.7 Å². The highest BCUT2D eigenvalue weighted by Crippen LogP contribution is 2.19. The molecule has 0 radical (unpaired) electrons. The summed E-state index contributed by atoms with van der Waals surface area (Å²) in [6.07, 6.45) is -1.62. The Labute approximate surface area is 136 Å². The van der Waals surface area contributed by atoms with Crippen LogP contribution in [0.5, 0.6) is 5.75 Å². The monoisotopic (exact) mass is 343 g/mol. The average Bonchev–Trinajstić information content (AvgIpc) is 2.49. The van der Waals surface area contributed by atoms with E-state index in [1.165, 1.54) is 24.3 Å². The van der Waals surface area contributed by atoms with Crippen LogP contribution in [0.4, 0.5) is 0 Å². The summed E-state index contributed by atoms with van der Waals surface area (Å²) in [4.78, 5) is 41.9. The maximum atomic E-state index is 11.8. The molecule has 1 rings (SSSR count). The number of hydrogen-bond donors (Lipinski definition) is 1. The minimum Gasteiger partial charge on any atom is -0.762 e. The summed E-state index contributed by atoms with van der Waals surface area (Å²) in [7, 11) is 1.04. The van der Waals surface area contributed by atoms with Gasteiger partial charge in [0, 0.05) is 6.42 Å². The fourth-order valence-corrected chi connectivity index (χ4v) is 1.66. The first-order chi connectivity index (χ1) is 11.3. The SMILES string of the molecule is CN([O-])OCC(CCC(=O)Oc1ccccc1C(=O)O)O[N+](=O)[O-]. The number of ether oxygens (including phenoxy) is 1. The van der Waals surface area contributed by atoms with Crippen LogP contribution >= 0.6 is 0 Å². The van der Waals surface area contributed by atoms with Gasteiger partial charge in [-0.1, -0.05) is 12.1 Å². The molecule has 0 aromatic heterocycles. The highest BCUT2D eigenvalue weighted by Gasteiger charge is 2.19. The van der Waals surface area contributed by atoms with Crippen LogP contribution in [-0.4, -0.2) is 47.1 Å². The summed E-state index contributed by atoms with van der Waals surface area (Å²) in [6, 6.07) is 5.54. The molecular weight excluding hydrogens is 328 g/mol. The molecule has 1 aromatic carbocycles. The number of nitrogens with zero attached hydrogens (tertiary/aromatic N) is 2. The Hall–Kier alpha value is -2.76. The van der Waals surface area contributed by atoms with Gasteiger partial charge in [0.05, 0.1) is 6.61 Å². The summed E-state index contributed by atoms with van der Waals surface area (Å²) in [5.74, 6) is -2.21. The molecule has 11 nitrogen and oxygen atoms in total. The van der Waals surface area contributed by atoms with Gasteiger partial charge < -0.3 is 24.7 Å². The predicted molar refractivity (Wildman–Crippen MR) is 77.2 cm³/mol. The van der Waals surface area contributed by atoms with E-state index in [9.17, 15) is 24.9 Å². The molecule has 0 fully saturated rings. The van der Waals surface area contributed by atoms with Gasteiger partial charge in [-0.15, -0.1) is 10.1 Å². The summed E-state index contributed by atoms with van der Waals surface area (Å²) in [5, 5.41) is 29.0. The largest absolute Gasteiger partial charge is 0.762 e. The number of carboxylic acid groups (broad SMARTS) is 1. The van der Waals surface area contributed by atoms with Crippen molar-refractivity contribution in [2.24, 2.45) is 0 Å². The quantitative estimate of drug-likeness (QED) is 0.282. The molecular formula is C13H15N2O9-. The first kappa shape index (κ1) is 19.3. The lowest BCUT2D eigenvalue weighted by atomic mass is 10.2. The second kappa shape index (κ2) is 9.39. The first-order valence-electron chi connectivity index (χ1n) is 6.67. The molecule has 1 unspecified atom stereocenters. The molecule has 1 aromatic rings. The lowest BCUT2D eigenvalue weighted by Gasteiger charge is -2.23. The van der Waals surface area contributed by atoms with E-state index in [1.807, 2.05) is 0 Å². The number of carbonyl (C=O) groups is 2. The Morgan fingerprint density at radius 3 is 2.62 bits per heavy atom. The zero-order valence-corrected chi connectivity index (χ0v) is 12.6. The summed E-state index contributed by atoms with van der Waals surface area (Å²) >= 11 is 0. The molecule has 0 spiro atoms. The molecule has 1 atom stereocenters. The highest BCUT2D eigenvalue weighted by molar-refractivity contribution is 5.91. The highest BCUT2D eigenvalue weighted by atomic mass is 17.0. The molecule has 0 amide bonds. The second-order valence-electron chi connectivity index (χ2n) is 4.50. The molecule has 24 heavy (non-hydrogen) atoms. The van der Waals surface area contributed by atoms with E-state index < -0.39 is 29.7 Å². The van der Waals surface area contributed by atoms with Gasteiger partial charge in [-0.2, -0.15) is 0 Å². The fraction of sp³-hybridized carbons (Fsp3) is 0.385. The zero-order chi connectivity index (χ0) is 18.1. The van der Waals surface area contributed by atoms with Crippen LogP contribution in [-0.2, 0) is 14.5 Å². The van der Waals surface area contributed by atoms with Crippen LogP contribution in [0.2, 0.25) is 0 Å². The molecule has 0 heterocycles. The normalized spacial score (nSPS) is 11.8. The van der Waals surface area contributed by atoms with Crippen molar-refractivity contribution < 1.29 is 34.2 Å². The molecule has 132 valence electrons. The standard InChI is InChI=1S/C13H15N2O9/c1-14(19)22-8-9(24-15(20)21)6-7-12(16)23-11-5-3-2-4-10(11)13(17)18/h2-5,9H,6-8H2,1H3,(H,17,18)/q-1. The van der Waals surface area contributed by atoms with Gasteiger partial charge in [0.25, 0.3) is 5.09 Å². The van der Waals surface area contributed by atoms with Crippen molar-refractivity contribution in [3.63, 3.8) is 0 Å². The molecule has 0 bridgehead atoms. The van der Waals surface area contributed by atoms with E-state index in [4.69, 9.17) is 9.84 Å². The molecule has 11 heteroatoms. The third-order valence-electron chi connectivity index (χ3n) is 2.69. The van der Waals surface area contributed by atoms with Gasteiger partial charge in [0.15, 0.2) is 0 Å². The second-order valence-corrected chi connectivity index (χ2v) is 4.50. The van der Waals surface area contributed by atoms with Gasteiger partial charge >= 0.3 is 11.9 Å². The van der Waals surface area contributed by atoms with Crippen molar-refractivity contribution in [1.82, 2.24) is 5.23 Å². The Bertz CT molecular complexity index is 591. The first-order valence-corrected chi connectivity index (χ1v) is 6.67. The molecule has 1 N–H and O–H groups in total. The smallest absolute Gasteiger partial charge is 0.339 e. The Morgan fingerprint density at radius 2 is 2.04 bits per heavy atom. The van der Waals surface area contributed by atoms with E-state index in [1.54, 1.807) is 0 Å². The summed E-state index contributed by atoms with van der Waals surface area (Å²) < 4.78 is 4.93. The number of carboxylic acids is 1. The summed E-state index contributed by atoms with van der Waals surface area (Å²) in [6.45, 7) is -0.431. The van der Waals surface area contributed by atoms with Crippen LogP contribution in [0, 0.1) is 15.3 Å². The van der Waals surface area contributed by atoms with Crippen molar-refractivity contribution >= 4 is 11.9 Å². The maximum absolute atomic E-state index is 11.8. The van der Waals surface area contributed by atoms with Crippen LogP contribution < -0.4 is 4.74 Å². The maximum Gasteiger partial charge on any atom is 0.339 e. The van der Waals surface area contributed by atoms with Crippen LogP contribution in [0.15, 0.2) is 24.3 Å². The van der Waals surface area contributed by atoms with Crippen molar-refractivity contribution in [1.29, 1.82) is 0 Å². The van der Waals surface area contributed by atoms with Crippen LogP contribution in [0.3, 0.4) is 0 Å². The third-order valence-corrected chi connectivity index (χ3v) is 2.69. The summed E-state index contributed by atoms with van der Waals surface area (Å²) in [5.41, 5.74) is -0.194. The number of carbonyl (C=O) groups excluding carboxylic acids is 1. The van der Waals surface area contributed by atoms with E-state index in [2.05, 4.69) is 9.68 Å². The van der Waals surface area contributed by atoms with Gasteiger partial charge in [0.2, 0.25) is 0 Å². The molecule has 0 aliphatic rings. The van der Waals surface area contributed by atoms with Crippen molar-refractivity contribution in [3.8, 4) is 5.75 Å². The van der Waals surface area contributed by atoms with Gasteiger partial charge in [0.1, 0.15) is 17.4 Å². The average molecular weight is 343 g/mol. The number of benzene rings is 1. The lowest BCUT2D eigenvalue weighted by Crippen LogP contribution is -2.27. The zero-order valence-electron chi connectivity index (χ0n) is 12.6. The number of hydroxylamine groups is 2. The van der Waals surface area contributed by atoms with E-state index in [-0.39, 0.29) is 29.4 Å². The van der Waals surface area contributed by atoms with E-state index >= 15 is 0 Å². The molecule has 0 aliphatic heterocycles. The van der Waals surface area contributed by atoms with Gasteiger partial charge in [-0.25, -0.2) is 4.79 Å². The fourth-order valence-electron chi connectivity index (χ4n) is 1.66. The van der Waals surface area contributed by atoms with Gasteiger partial charge in [-0.3, -0.25) is 10.0 Å². The number of aromatic carboxylic acids is 1. The lowest BCUT2D eigenvalue weighted by molar-refractivity contribution is -0.769. The number of hydrogen-bond acceptors (Lipinski definition) is 9. The number of rotatable bonds is 10. The Balaban J connectivity index is 2.59. The molecule has 0 aliphatic carbocycles. The molecule has 0 saturated carbocycles. The number of para-hydroxylation sites is 1. The molecule has 0 saturated heterocycles. The predicted octanol–water partition coefficient (Wildman–Crippen LogP) is 1.01. The van der Waals surface area contributed by atoms with Crippen LogP contribution in [0.25, 0.3) is 0 Å². The minimum absolute atomic E-state index is 0.0950. The Morgan fingerprint density at radius 1 is 1.38 bits per heavy atom. The van der Waals surface area contributed by atoms with Crippen molar-refractivity contribution in [3.05, 3.63) is 45.2 Å². The van der Waals surface area contributed by atoms with E-state index in [0.29, 0.717) is 0 Å². The van der Waals surface area contributed by atoms with E-state index in [0.717, 1.165) is 7.05 Å². The van der Waals surface area contributed by atoms with Crippen molar-refractivity contribution in [2.45, 2.75) is 18.9 Å².